The minimum atomic E-state index is -0.0803. The van der Waals surface area contributed by atoms with Gasteiger partial charge in [0, 0.05) is 0 Å². The molecular formula is C60H92O4Ti. The first kappa shape index (κ1) is 61.8. The second-order valence-corrected chi connectivity index (χ2v) is 26.8. The van der Waals surface area contributed by atoms with Gasteiger partial charge in [-0.15, -0.1) is 23.0 Å². The predicted molar refractivity (Wildman–Crippen MR) is 272 cm³/mol. The van der Waals surface area contributed by atoms with Gasteiger partial charge in [-0.2, -0.15) is 0 Å². The van der Waals surface area contributed by atoms with Gasteiger partial charge in [-0.05, 0) is 116 Å². The average Bonchev–Trinajstić information content (AvgIpc) is 3.05. The molecule has 0 aliphatic carbocycles. The topological polar surface area (TPSA) is 92.2 Å². The molecule has 0 bridgehead atoms. The summed E-state index contributed by atoms with van der Waals surface area (Å²) >= 11 is 0. The Hall–Kier alpha value is -3.21. The van der Waals surface area contributed by atoms with Crippen LogP contribution in [0.5, 0.6) is 23.0 Å². The van der Waals surface area contributed by atoms with Gasteiger partial charge < -0.3 is 20.4 Å². The molecule has 360 valence electrons. The summed E-state index contributed by atoms with van der Waals surface area (Å²) in [5.74, 6) is 0.854. The quantitative estimate of drug-likeness (QED) is 0.164. The van der Waals surface area contributed by atoms with E-state index in [4.69, 9.17) is 0 Å². The van der Waals surface area contributed by atoms with Gasteiger partial charge >= 0.3 is 21.7 Å². The van der Waals surface area contributed by atoms with E-state index in [-0.39, 0.29) is 88.0 Å². The summed E-state index contributed by atoms with van der Waals surface area (Å²) in [5, 5.41) is 49.7. The molecule has 0 radical (unpaired) electrons. The SMILES string of the molecule is Cc1cc(C(C)(C)C)c([O-])c(C(C)(C)C)c1.Cc1cc(C(C)(C)C)c([O-])c(C(C)(C)C)c1.Cc1cc(C(C)(C)C)c([O-])c(C(C)(C)C)c1.Cc1cc(C(C)(C)C)c([O-])c(C(C)(C)C)c1.[Ti+4]. The summed E-state index contributed by atoms with van der Waals surface area (Å²) in [4.78, 5) is 0. The molecule has 0 aromatic heterocycles. The van der Waals surface area contributed by atoms with Crippen molar-refractivity contribution in [2.45, 2.75) is 237 Å². The molecule has 65 heavy (non-hydrogen) atoms. The van der Waals surface area contributed by atoms with E-state index in [0.29, 0.717) is 0 Å². The Kier molecular flexibility index (Phi) is 20.3. The van der Waals surface area contributed by atoms with Crippen LogP contribution in [0.2, 0.25) is 0 Å². The third-order valence-corrected chi connectivity index (χ3v) is 11.4. The van der Waals surface area contributed by atoms with E-state index in [1.807, 2.05) is 48.5 Å². The zero-order valence-electron chi connectivity index (χ0n) is 46.8. The monoisotopic (exact) mass is 925 g/mol. The first-order valence-electron chi connectivity index (χ1n) is 23.4. The van der Waals surface area contributed by atoms with Crippen LogP contribution in [0.4, 0.5) is 0 Å². The molecule has 5 heteroatoms. The summed E-state index contributed by atoms with van der Waals surface area (Å²) in [6.45, 7) is 58.5. The smallest absolute Gasteiger partial charge is 0.872 e. The molecule has 0 saturated heterocycles. The molecule has 0 aliphatic rings. The maximum atomic E-state index is 12.4. The van der Waals surface area contributed by atoms with E-state index >= 15 is 0 Å². The zero-order valence-corrected chi connectivity index (χ0v) is 48.3. The van der Waals surface area contributed by atoms with E-state index in [1.54, 1.807) is 0 Å². The van der Waals surface area contributed by atoms with Gasteiger partial charge in [0.25, 0.3) is 0 Å². The molecule has 0 saturated carbocycles. The van der Waals surface area contributed by atoms with Crippen molar-refractivity contribution in [3.63, 3.8) is 0 Å². The summed E-state index contributed by atoms with van der Waals surface area (Å²) in [6.07, 6.45) is 0. The second-order valence-electron chi connectivity index (χ2n) is 26.8. The molecule has 0 fully saturated rings. The Balaban J connectivity index is 0.000000836. The van der Waals surface area contributed by atoms with E-state index in [1.165, 1.54) is 22.3 Å². The van der Waals surface area contributed by atoms with Crippen molar-refractivity contribution in [3.8, 4) is 23.0 Å². The molecule has 4 rings (SSSR count). The Morgan fingerprint density at radius 1 is 0.215 bits per heavy atom. The van der Waals surface area contributed by atoms with E-state index in [0.717, 1.165) is 44.5 Å². The third kappa shape index (κ3) is 17.8. The van der Waals surface area contributed by atoms with Crippen molar-refractivity contribution >= 4 is 0 Å². The molecule has 4 aromatic rings. The molecule has 0 atom stereocenters. The molecule has 0 amide bonds. The number of aryl methyl sites for hydroxylation is 4. The molecular weight excluding hydrogens is 833 g/mol. The van der Waals surface area contributed by atoms with Crippen molar-refractivity contribution in [1.29, 1.82) is 0 Å². The van der Waals surface area contributed by atoms with Crippen molar-refractivity contribution < 1.29 is 42.1 Å². The van der Waals surface area contributed by atoms with Gasteiger partial charge in [0.2, 0.25) is 0 Å². The predicted octanol–water partition coefficient (Wildman–Crippen LogP) is 14.7. The largest absolute Gasteiger partial charge is 4.00 e. The van der Waals surface area contributed by atoms with Crippen LogP contribution in [0.25, 0.3) is 0 Å². The molecule has 4 nitrogen and oxygen atoms in total. The van der Waals surface area contributed by atoms with Crippen LogP contribution < -0.4 is 20.4 Å². The zero-order chi connectivity index (χ0) is 50.9. The summed E-state index contributed by atoms with van der Waals surface area (Å²) < 4.78 is 0. The molecule has 0 unspecified atom stereocenters. The number of hydrogen-bond acceptors (Lipinski definition) is 4. The average molecular weight is 925 g/mol. The second kappa shape index (κ2) is 21.4. The Labute approximate surface area is 415 Å². The van der Waals surface area contributed by atoms with Crippen molar-refractivity contribution in [1.82, 2.24) is 0 Å². The first-order chi connectivity index (χ1) is 28.1. The number of hydrogen-bond donors (Lipinski definition) is 0. The summed E-state index contributed by atoms with van der Waals surface area (Å²) in [5.41, 5.74) is 11.5. The molecule has 0 spiro atoms. The fourth-order valence-corrected chi connectivity index (χ4v) is 7.55. The van der Waals surface area contributed by atoms with Gasteiger partial charge in [0.15, 0.2) is 0 Å². The first-order valence-corrected chi connectivity index (χ1v) is 23.4. The normalized spacial score (nSPS) is 12.7. The molecule has 0 N–H and O–H groups in total. The maximum absolute atomic E-state index is 12.4. The van der Waals surface area contributed by atoms with Crippen LogP contribution in [0.1, 0.15) is 233 Å². The molecule has 0 aliphatic heterocycles. The van der Waals surface area contributed by atoms with Crippen molar-refractivity contribution in [2.75, 3.05) is 0 Å². The van der Waals surface area contributed by atoms with Crippen LogP contribution in [-0.4, -0.2) is 0 Å². The van der Waals surface area contributed by atoms with Crippen LogP contribution >= 0.6 is 0 Å². The Bertz CT molecular complexity index is 1740. The minimum Gasteiger partial charge on any atom is -0.872 e. The summed E-state index contributed by atoms with van der Waals surface area (Å²) in [7, 11) is 0. The van der Waals surface area contributed by atoms with Crippen LogP contribution in [-0.2, 0) is 65.0 Å². The number of rotatable bonds is 0. The van der Waals surface area contributed by atoms with E-state index in [2.05, 4.69) is 194 Å². The molecule has 4 aromatic carbocycles. The van der Waals surface area contributed by atoms with Gasteiger partial charge in [0.05, 0.1) is 0 Å². The third-order valence-electron chi connectivity index (χ3n) is 11.4. The van der Waals surface area contributed by atoms with Crippen LogP contribution in [0.15, 0.2) is 48.5 Å². The van der Waals surface area contributed by atoms with Gasteiger partial charge in [-0.1, -0.05) is 237 Å². The van der Waals surface area contributed by atoms with Gasteiger partial charge in [-0.3, -0.25) is 0 Å². The fourth-order valence-electron chi connectivity index (χ4n) is 7.55. The van der Waals surface area contributed by atoms with Crippen LogP contribution in [0.3, 0.4) is 0 Å². The number of benzene rings is 4. The van der Waals surface area contributed by atoms with Gasteiger partial charge in [0.1, 0.15) is 0 Å². The van der Waals surface area contributed by atoms with E-state index in [9.17, 15) is 20.4 Å². The van der Waals surface area contributed by atoms with Crippen molar-refractivity contribution in [3.05, 3.63) is 115 Å². The molecule has 0 heterocycles. The van der Waals surface area contributed by atoms with Crippen LogP contribution in [0, 0.1) is 27.7 Å². The fraction of sp³-hybridized carbons (Fsp3) is 0.600. The standard InChI is InChI=1S/4C15H24O.Ti/c4*1-10-8-11(14(2,3)4)13(16)12(9-10)15(5,6)7;/h4*8-9,16H,1-7H3;/q;;;;+4/p-4. The van der Waals surface area contributed by atoms with Gasteiger partial charge in [-0.25, -0.2) is 0 Å². The summed E-state index contributed by atoms with van der Waals surface area (Å²) in [6, 6.07) is 16.2. The van der Waals surface area contributed by atoms with E-state index < -0.39 is 0 Å². The Morgan fingerprint density at radius 2 is 0.292 bits per heavy atom. The van der Waals surface area contributed by atoms with Crippen molar-refractivity contribution in [2.24, 2.45) is 0 Å². The Morgan fingerprint density at radius 3 is 0.354 bits per heavy atom. The minimum absolute atomic E-state index is 0. The maximum Gasteiger partial charge on any atom is 4.00 e.